The van der Waals surface area contributed by atoms with Gasteiger partial charge in [-0.3, -0.25) is 14.8 Å². The number of para-hydroxylation sites is 1. The van der Waals surface area contributed by atoms with Crippen LogP contribution in [-0.4, -0.2) is 56.4 Å². The number of nitrogens with zero attached hydrogens (tertiary/aromatic N) is 5. The number of halogens is 1. The number of ether oxygens (including phenoxy) is 3. The molecule has 276 valence electrons. The van der Waals surface area contributed by atoms with Crippen LogP contribution < -0.4 is 14.8 Å². The Kier molecular flexibility index (Phi) is 7.97. The van der Waals surface area contributed by atoms with E-state index in [1.54, 1.807) is 19.1 Å². The molecule has 0 bridgehead atoms. The third-order valence-corrected chi connectivity index (χ3v) is 11.3. The van der Waals surface area contributed by atoms with Crippen LogP contribution in [0.4, 0.5) is 10.1 Å². The van der Waals surface area contributed by atoms with E-state index >= 15 is 4.39 Å². The summed E-state index contributed by atoms with van der Waals surface area (Å²) in [6.07, 6.45) is 6.45. The Hall–Kier alpha value is -6.03. The number of hydrogen-bond donors (Lipinski definition) is 2. The van der Waals surface area contributed by atoms with Gasteiger partial charge in [0.15, 0.2) is 11.5 Å². The van der Waals surface area contributed by atoms with Gasteiger partial charge in [-0.15, -0.1) is 0 Å². The van der Waals surface area contributed by atoms with Gasteiger partial charge in [0.1, 0.15) is 11.6 Å². The number of amides is 1. The van der Waals surface area contributed by atoms with Crippen molar-refractivity contribution in [3.05, 3.63) is 118 Å². The summed E-state index contributed by atoms with van der Waals surface area (Å²) in [5.74, 6) is 0.503. The number of hydrogen-bond acceptors (Lipinski definition) is 8. The smallest absolute Gasteiger partial charge is 0.278 e. The molecule has 5 heterocycles. The number of benzene rings is 4. The molecule has 11 nitrogen and oxygen atoms in total. The fraction of sp³-hybridized carbons (Fsp3) is 0.302. The molecule has 3 aliphatic heterocycles. The summed E-state index contributed by atoms with van der Waals surface area (Å²) in [4.78, 5) is 20.9. The highest BCUT2D eigenvalue weighted by Gasteiger charge is 2.42. The van der Waals surface area contributed by atoms with Crippen molar-refractivity contribution < 1.29 is 23.4 Å². The van der Waals surface area contributed by atoms with Gasteiger partial charge < -0.3 is 24.1 Å². The molecule has 2 fully saturated rings. The lowest BCUT2D eigenvalue weighted by Gasteiger charge is -2.29. The normalized spacial score (nSPS) is 20.7. The zero-order valence-corrected chi connectivity index (χ0v) is 30.3. The second kappa shape index (κ2) is 13.1. The van der Waals surface area contributed by atoms with E-state index in [2.05, 4.69) is 31.1 Å². The maximum Gasteiger partial charge on any atom is 0.278 e. The second-order valence-corrected chi connectivity index (χ2v) is 15.0. The number of fused-ring (bicyclic) bond motifs is 3. The topological polar surface area (TPSA) is 130 Å². The highest BCUT2D eigenvalue weighted by Crippen LogP contribution is 2.49. The van der Waals surface area contributed by atoms with Crippen molar-refractivity contribution in [1.82, 2.24) is 24.6 Å². The molecule has 1 aliphatic carbocycles. The number of carbonyl (C=O) groups is 1. The highest BCUT2D eigenvalue weighted by molar-refractivity contribution is 6.07. The van der Waals surface area contributed by atoms with Crippen molar-refractivity contribution in [3.63, 3.8) is 0 Å². The molecule has 0 spiro atoms. The van der Waals surface area contributed by atoms with Crippen molar-refractivity contribution in [1.29, 1.82) is 5.26 Å². The fourth-order valence-corrected chi connectivity index (χ4v) is 8.01. The first-order chi connectivity index (χ1) is 26.8. The minimum atomic E-state index is -1.36. The van der Waals surface area contributed by atoms with Gasteiger partial charge in [-0.2, -0.15) is 10.4 Å². The molecule has 2 N–H and O–H groups in total. The first-order valence-corrected chi connectivity index (χ1v) is 18.8. The standard InChI is InChI=1S/C43H38FN7O4/c1-43(33-10-5-25(22-45)19-34(33)44)54-38-4-2-3-31(41(38)55-43)26-13-16-50(17-14-26)24-39-47-36-21-29(9-12-37(36)51(39)23-30-15-18-53-30)46-42(52)28-8-11-35-32(20-28)40(49-48-35)27-6-7-27/h2-5,8-13,19-21,27,30H,6-7,14-18,23-24H2,1H3,(H,46,52)(H,48,49). The van der Waals surface area contributed by atoms with Gasteiger partial charge in [0.2, 0.25) is 0 Å². The maximum atomic E-state index is 15.1. The van der Waals surface area contributed by atoms with E-state index in [4.69, 9.17) is 19.2 Å². The molecule has 55 heavy (non-hydrogen) atoms. The molecule has 1 amide bonds. The van der Waals surface area contributed by atoms with Crippen LogP contribution in [0.5, 0.6) is 11.5 Å². The number of H-pyrrole nitrogens is 1. The summed E-state index contributed by atoms with van der Waals surface area (Å²) < 4.78 is 35.7. The Labute approximate surface area is 316 Å². The summed E-state index contributed by atoms with van der Waals surface area (Å²) in [6, 6.07) is 23.6. The van der Waals surface area contributed by atoms with E-state index in [-0.39, 0.29) is 23.1 Å². The zero-order valence-electron chi connectivity index (χ0n) is 30.3. The van der Waals surface area contributed by atoms with Crippen LogP contribution >= 0.6 is 0 Å². The summed E-state index contributed by atoms with van der Waals surface area (Å²) in [5, 5.41) is 20.9. The van der Waals surface area contributed by atoms with Crippen LogP contribution in [0.1, 0.15) is 77.1 Å². The fourth-order valence-electron chi connectivity index (χ4n) is 8.01. The third kappa shape index (κ3) is 6.09. The van der Waals surface area contributed by atoms with Gasteiger partial charge in [0.25, 0.3) is 11.7 Å². The van der Waals surface area contributed by atoms with Crippen LogP contribution in [0.3, 0.4) is 0 Å². The van der Waals surface area contributed by atoms with Gasteiger partial charge >= 0.3 is 0 Å². The van der Waals surface area contributed by atoms with Crippen LogP contribution in [0, 0.1) is 17.1 Å². The van der Waals surface area contributed by atoms with Gasteiger partial charge in [-0.25, -0.2) is 9.37 Å². The average molecular weight is 736 g/mol. The Morgan fingerprint density at radius 3 is 2.73 bits per heavy atom. The van der Waals surface area contributed by atoms with E-state index in [1.807, 2.05) is 60.7 Å². The average Bonchev–Trinajstić information content (AvgIpc) is 3.69. The van der Waals surface area contributed by atoms with E-state index in [0.717, 1.165) is 83.4 Å². The molecule has 0 radical (unpaired) electrons. The first kappa shape index (κ1) is 33.5. The van der Waals surface area contributed by atoms with Crippen molar-refractivity contribution >= 4 is 39.1 Å². The number of anilines is 1. The largest absolute Gasteiger partial charge is 0.444 e. The lowest BCUT2D eigenvalue weighted by Crippen LogP contribution is -2.33. The summed E-state index contributed by atoms with van der Waals surface area (Å²) in [5.41, 5.74) is 7.63. The minimum absolute atomic E-state index is 0.146. The maximum absolute atomic E-state index is 15.1. The predicted octanol–water partition coefficient (Wildman–Crippen LogP) is 7.78. The van der Waals surface area contributed by atoms with Crippen molar-refractivity contribution in [2.75, 3.05) is 25.0 Å². The Balaban J connectivity index is 0.868. The Morgan fingerprint density at radius 2 is 1.96 bits per heavy atom. The molecular weight excluding hydrogens is 698 g/mol. The van der Waals surface area contributed by atoms with Gasteiger partial charge in [-0.1, -0.05) is 18.2 Å². The predicted molar refractivity (Wildman–Crippen MR) is 204 cm³/mol. The minimum Gasteiger partial charge on any atom is -0.444 e. The highest BCUT2D eigenvalue weighted by atomic mass is 19.1. The Morgan fingerprint density at radius 1 is 1.07 bits per heavy atom. The molecule has 12 heteroatoms. The quantitative estimate of drug-likeness (QED) is 0.154. The molecule has 1 saturated carbocycles. The lowest BCUT2D eigenvalue weighted by molar-refractivity contribution is -0.0708. The van der Waals surface area contributed by atoms with Crippen molar-refractivity contribution in [2.45, 2.75) is 63.5 Å². The molecule has 4 aliphatic rings. The van der Waals surface area contributed by atoms with Crippen LogP contribution in [-0.2, 0) is 23.6 Å². The molecule has 2 aromatic heterocycles. The van der Waals surface area contributed by atoms with Crippen LogP contribution in [0.25, 0.3) is 27.5 Å². The number of aromatic amines is 1. The van der Waals surface area contributed by atoms with E-state index in [1.165, 1.54) is 6.07 Å². The summed E-state index contributed by atoms with van der Waals surface area (Å²) >= 11 is 0. The number of nitriles is 1. The molecule has 2 unspecified atom stereocenters. The molecule has 2 atom stereocenters. The lowest BCUT2D eigenvalue weighted by atomic mass is 9.98. The van der Waals surface area contributed by atoms with Gasteiger partial charge in [0.05, 0.1) is 52.9 Å². The number of rotatable bonds is 9. The van der Waals surface area contributed by atoms with Crippen LogP contribution in [0.2, 0.25) is 0 Å². The van der Waals surface area contributed by atoms with E-state index in [0.29, 0.717) is 48.3 Å². The monoisotopic (exact) mass is 735 g/mol. The number of carbonyl (C=O) groups excluding carboxylic acids is 1. The van der Waals surface area contributed by atoms with Crippen molar-refractivity contribution in [3.8, 4) is 17.6 Å². The molecule has 4 aromatic carbocycles. The van der Waals surface area contributed by atoms with E-state index < -0.39 is 11.6 Å². The van der Waals surface area contributed by atoms with E-state index in [9.17, 15) is 10.1 Å². The first-order valence-electron chi connectivity index (χ1n) is 18.8. The molecule has 10 rings (SSSR count). The molecule has 1 saturated heterocycles. The zero-order chi connectivity index (χ0) is 37.3. The van der Waals surface area contributed by atoms with Crippen LogP contribution in [0.15, 0.2) is 78.9 Å². The van der Waals surface area contributed by atoms with Gasteiger partial charge in [-0.05, 0) is 91.9 Å². The molecule has 6 aromatic rings. The molecular formula is C43H38FN7O4. The number of aromatic nitrogens is 4. The third-order valence-electron chi connectivity index (χ3n) is 11.3. The number of nitrogens with one attached hydrogen (secondary N) is 2. The van der Waals surface area contributed by atoms with Crippen molar-refractivity contribution in [2.24, 2.45) is 0 Å². The SMILES string of the molecule is CC1(c2ccc(C#N)cc2F)Oc2cccc(C3=CCN(Cc4nc5cc(NC(=O)c6ccc7n[nH]c(C8CC8)c7c6)ccc5n4CC4CCO4)CC3)c2O1. The Bertz CT molecular complexity index is 2600. The summed E-state index contributed by atoms with van der Waals surface area (Å²) in [6.45, 7) is 5.33. The van der Waals surface area contributed by atoms with Gasteiger partial charge in [0, 0.05) is 60.4 Å². The second-order valence-electron chi connectivity index (χ2n) is 15.0. The number of imidazole rings is 1. The summed E-state index contributed by atoms with van der Waals surface area (Å²) in [7, 11) is 0.